The van der Waals surface area contributed by atoms with Crippen LogP contribution in [-0.2, 0) is 4.74 Å². The number of methoxy groups -OCH3 is 1. The Bertz CT molecular complexity index is 452. The van der Waals surface area contributed by atoms with Crippen LogP contribution >= 0.6 is 15.9 Å². The van der Waals surface area contributed by atoms with E-state index in [1.165, 1.54) is 19.2 Å². The molecular formula is C13H17BrFNO3. The van der Waals surface area contributed by atoms with Gasteiger partial charge < -0.3 is 15.2 Å². The number of carbonyl (C=O) groups is 1. The molecular weight excluding hydrogens is 317 g/mol. The Morgan fingerprint density at radius 1 is 1.53 bits per heavy atom. The van der Waals surface area contributed by atoms with Gasteiger partial charge in [-0.05, 0) is 41.8 Å². The molecule has 0 aliphatic heterocycles. The van der Waals surface area contributed by atoms with Crippen LogP contribution in [0.15, 0.2) is 16.6 Å². The van der Waals surface area contributed by atoms with Crippen molar-refractivity contribution < 1.29 is 18.7 Å². The van der Waals surface area contributed by atoms with Crippen LogP contribution in [0.1, 0.15) is 30.1 Å². The van der Waals surface area contributed by atoms with E-state index in [9.17, 15) is 9.18 Å². The highest BCUT2D eigenvalue weighted by Crippen LogP contribution is 2.27. The van der Waals surface area contributed by atoms with Gasteiger partial charge in [-0.3, -0.25) is 0 Å². The Hall–Kier alpha value is -1.14. The summed E-state index contributed by atoms with van der Waals surface area (Å²) in [5.41, 5.74) is 5.81. The van der Waals surface area contributed by atoms with Gasteiger partial charge in [0, 0.05) is 12.1 Å². The summed E-state index contributed by atoms with van der Waals surface area (Å²) in [6.07, 6.45) is 1.53. The van der Waals surface area contributed by atoms with Crippen molar-refractivity contribution in [2.75, 3.05) is 13.7 Å². The zero-order chi connectivity index (χ0) is 14.4. The van der Waals surface area contributed by atoms with E-state index in [-0.39, 0.29) is 21.8 Å². The molecule has 2 N–H and O–H groups in total. The molecule has 0 saturated carbocycles. The summed E-state index contributed by atoms with van der Waals surface area (Å²) in [6, 6.07) is 2.61. The fourth-order valence-corrected chi connectivity index (χ4v) is 1.85. The van der Waals surface area contributed by atoms with Crippen molar-refractivity contribution in [1.82, 2.24) is 0 Å². The molecule has 0 aliphatic rings. The maximum absolute atomic E-state index is 13.5. The summed E-state index contributed by atoms with van der Waals surface area (Å²) in [7, 11) is 1.26. The number of halogens is 2. The lowest BCUT2D eigenvalue weighted by atomic mass is 10.2. The molecule has 106 valence electrons. The number of benzene rings is 1. The third-order valence-corrected chi connectivity index (χ3v) is 3.10. The topological polar surface area (TPSA) is 61.5 Å². The first kappa shape index (κ1) is 15.9. The van der Waals surface area contributed by atoms with Crippen LogP contribution < -0.4 is 10.5 Å². The van der Waals surface area contributed by atoms with Crippen LogP contribution in [0.25, 0.3) is 0 Å². The van der Waals surface area contributed by atoms with Crippen molar-refractivity contribution >= 4 is 21.9 Å². The summed E-state index contributed by atoms with van der Waals surface area (Å²) in [4.78, 5) is 11.6. The average Bonchev–Trinajstić information content (AvgIpc) is 2.37. The monoisotopic (exact) mass is 333 g/mol. The molecule has 1 unspecified atom stereocenters. The van der Waals surface area contributed by atoms with Crippen LogP contribution in [0.4, 0.5) is 4.39 Å². The molecule has 19 heavy (non-hydrogen) atoms. The summed E-state index contributed by atoms with van der Waals surface area (Å²) in [6.45, 7) is 2.27. The molecule has 4 nitrogen and oxygen atoms in total. The van der Waals surface area contributed by atoms with Gasteiger partial charge in [-0.2, -0.15) is 0 Å². The van der Waals surface area contributed by atoms with E-state index in [1.807, 2.05) is 6.92 Å². The molecule has 1 rings (SSSR count). The van der Waals surface area contributed by atoms with Crippen LogP contribution in [0.5, 0.6) is 5.75 Å². The molecule has 0 fully saturated rings. The van der Waals surface area contributed by atoms with Crippen molar-refractivity contribution in [3.8, 4) is 5.75 Å². The number of esters is 1. The van der Waals surface area contributed by atoms with Crippen molar-refractivity contribution in [1.29, 1.82) is 0 Å². The third-order valence-electron chi connectivity index (χ3n) is 2.49. The Labute approximate surface area is 120 Å². The van der Waals surface area contributed by atoms with Crippen molar-refractivity contribution in [3.63, 3.8) is 0 Å². The maximum Gasteiger partial charge on any atom is 0.341 e. The molecule has 1 aromatic carbocycles. The summed E-state index contributed by atoms with van der Waals surface area (Å²) >= 11 is 3.02. The molecule has 0 saturated heterocycles. The van der Waals surface area contributed by atoms with Gasteiger partial charge in [0.1, 0.15) is 17.1 Å². The SMILES string of the molecule is COC(=O)c1cc(Br)c(F)cc1OCCCC(C)N. The summed E-state index contributed by atoms with van der Waals surface area (Å²) in [5.74, 6) is -0.880. The normalized spacial score (nSPS) is 12.1. The van der Waals surface area contributed by atoms with E-state index < -0.39 is 11.8 Å². The van der Waals surface area contributed by atoms with E-state index in [0.29, 0.717) is 6.61 Å². The Kier molecular flexibility index (Phi) is 6.24. The van der Waals surface area contributed by atoms with Crippen molar-refractivity contribution in [2.45, 2.75) is 25.8 Å². The van der Waals surface area contributed by atoms with E-state index in [0.717, 1.165) is 12.8 Å². The smallest absolute Gasteiger partial charge is 0.341 e. The van der Waals surface area contributed by atoms with Gasteiger partial charge in [0.15, 0.2) is 0 Å². The van der Waals surface area contributed by atoms with Crippen LogP contribution in [0.2, 0.25) is 0 Å². The highest BCUT2D eigenvalue weighted by atomic mass is 79.9. The predicted octanol–water partition coefficient (Wildman–Crippen LogP) is 2.88. The van der Waals surface area contributed by atoms with Gasteiger partial charge in [0.2, 0.25) is 0 Å². The Balaban J connectivity index is 2.80. The van der Waals surface area contributed by atoms with E-state index in [2.05, 4.69) is 20.7 Å². The van der Waals surface area contributed by atoms with Gasteiger partial charge in [-0.1, -0.05) is 0 Å². The minimum atomic E-state index is -0.567. The molecule has 6 heteroatoms. The Morgan fingerprint density at radius 3 is 2.79 bits per heavy atom. The average molecular weight is 334 g/mol. The van der Waals surface area contributed by atoms with Crippen molar-refractivity contribution in [3.05, 3.63) is 28.0 Å². The molecule has 0 radical (unpaired) electrons. The first-order valence-corrected chi connectivity index (χ1v) is 6.70. The van der Waals surface area contributed by atoms with E-state index in [1.54, 1.807) is 0 Å². The molecule has 0 aliphatic carbocycles. The van der Waals surface area contributed by atoms with E-state index in [4.69, 9.17) is 10.5 Å². The van der Waals surface area contributed by atoms with E-state index >= 15 is 0 Å². The highest BCUT2D eigenvalue weighted by molar-refractivity contribution is 9.10. The lowest BCUT2D eigenvalue weighted by Gasteiger charge is -2.12. The second-order valence-corrected chi connectivity index (χ2v) is 5.08. The molecule has 1 aromatic rings. The van der Waals surface area contributed by atoms with Gasteiger partial charge in [0.05, 0.1) is 18.2 Å². The zero-order valence-electron chi connectivity index (χ0n) is 10.9. The lowest BCUT2D eigenvalue weighted by Crippen LogP contribution is -2.16. The molecule has 1 atom stereocenters. The third kappa shape index (κ3) is 4.80. The van der Waals surface area contributed by atoms with Crippen LogP contribution in [-0.4, -0.2) is 25.7 Å². The number of carbonyl (C=O) groups excluding carboxylic acids is 1. The maximum atomic E-state index is 13.5. The molecule has 0 heterocycles. The van der Waals surface area contributed by atoms with Crippen molar-refractivity contribution in [2.24, 2.45) is 5.73 Å². The van der Waals surface area contributed by atoms with Crippen LogP contribution in [0, 0.1) is 5.82 Å². The van der Waals surface area contributed by atoms with Gasteiger partial charge in [0.25, 0.3) is 0 Å². The zero-order valence-corrected chi connectivity index (χ0v) is 12.5. The fraction of sp³-hybridized carbons (Fsp3) is 0.462. The quantitative estimate of drug-likeness (QED) is 0.642. The lowest BCUT2D eigenvalue weighted by molar-refractivity contribution is 0.0595. The first-order valence-electron chi connectivity index (χ1n) is 5.91. The summed E-state index contributed by atoms with van der Waals surface area (Å²) < 4.78 is 23.7. The largest absolute Gasteiger partial charge is 0.493 e. The standard InChI is InChI=1S/C13H17BrFNO3/c1-8(16)4-3-5-19-12-7-11(15)10(14)6-9(12)13(17)18-2/h6-8H,3-5,16H2,1-2H3. The number of ether oxygens (including phenoxy) is 2. The highest BCUT2D eigenvalue weighted by Gasteiger charge is 2.16. The number of rotatable bonds is 6. The molecule has 0 spiro atoms. The second-order valence-electron chi connectivity index (χ2n) is 4.22. The summed E-state index contributed by atoms with van der Waals surface area (Å²) in [5, 5.41) is 0. The molecule has 0 amide bonds. The number of nitrogens with two attached hydrogens (primary N) is 1. The minimum absolute atomic E-state index is 0.0883. The van der Waals surface area contributed by atoms with Gasteiger partial charge in [-0.15, -0.1) is 0 Å². The van der Waals surface area contributed by atoms with Gasteiger partial charge >= 0.3 is 5.97 Å². The molecule has 0 aromatic heterocycles. The predicted molar refractivity (Wildman–Crippen MR) is 73.8 cm³/mol. The van der Waals surface area contributed by atoms with Crippen LogP contribution in [0.3, 0.4) is 0 Å². The van der Waals surface area contributed by atoms with Gasteiger partial charge in [-0.25, -0.2) is 9.18 Å². The molecule has 0 bridgehead atoms. The second kappa shape index (κ2) is 7.45. The fourth-order valence-electron chi connectivity index (χ4n) is 1.50. The number of hydrogen-bond acceptors (Lipinski definition) is 4. The first-order chi connectivity index (χ1) is 8.95. The minimum Gasteiger partial charge on any atom is -0.493 e. The number of hydrogen-bond donors (Lipinski definition) is 1. The Morgan fingerprint density at radius 2 is 2.21 bits per heavy atom.